The van der Waals surface area contributed by atoms with Gasteiger partial charge in [0, 0.05) is 6.42 Å². The number of ether oxygens (including phenoxy) is 4. The predicted octanol–water partition coefficient (Wildman–Crippen LogP) is 1.91. The predicted molar refractivity (Wildman–Crippen MR) is 66.7 cm³/mol. The number of rotatable bonds is 6. The molecule has 0 aliphatic carbocycles. The van der Waals surface area contributed by atoms with Gasteiger partial charge in [0.25, 0.3) is 0 Å². The summed E-state index contributed by atoms with van der Waals surface area (Å²) < 4.78 is 20.2. The molecule has 1 aliphatic heterocycles. The molecule has 19 heavy (non-hydrogen) atoms. The molecule has 1 unspecified atom stereocenters. The van der Waals surface area contributed by atoms with Gasteiger partial charge in [0.2, 0.25) is 0 Å². The van der Waals surface area contributed by atoms with Crippen molar-refractivity contribution in [2.24, 2.45) is 5.41 Å². The molecule has 1 aliphatic rings. The fourth-order valence-corrected chi connectivity index (χ4v) is 1.49. The Morgan fingerprint density at radius 1 is 1.32 bits per heavy atom. The molecule has 1 saturated heterocycles. The minimum atomic E-state index is -0.929. The van der Waals surface area contributed by atoms with Crippen LogP contribution in [0.25, 0.3) is 0 Å². The smallest absolute Gasteiger partial charge is 0.462 e. The van der Waals surface area contributed by atoms with Crippen molar-refractivity contribution in [3.63, 3.8) is 0 Å². The first-order valence-electron chi connectivity index (χ1n) is 6.46. The Morgan fingerprint density at radius 2 is 1.89 bits per heavy atom. The zero-order valence-corrected chi connectivity index (χ0v) is 11.9. The first-order chi connectivity index (χ1) is 8.83. The number of hydrogen-bond donors (Lipinski definition) is 0. The van der Waals surface area contributed by atoms with E-state index in [-0.39, 0.29) is 25.4 Å². The minimum absolute atomic E-state index is 0.0140. The molecule has 6 nitrogen and oxygen atoms in total. The van der Waals surface area contributed by atoms with Crippen LogP contribution in [-0.4, -0.2) is 44.2 Å². The second-order valence-electron chi connectivity index (χ2n) is 5.31. The Bertz CT molecular complexity index is 315. The average Bonchev–Trinajstić information content (AvgIpc) is 2.32. The molecule has 1 rings (SSSR count). The lowest BCUT2D eigenvalue weighted by Gasteiger charge is -2.31. The molecule has 0 aromatic heterocycles. The SMILES string of the molecule is CC(C)OCCC(C)OC(=O)C1(C)COC(=O)OC1. The molecule has 0 bridgehead atoms. The maximum absolute atomic E-state index is 12.0. The van der Waals surface area contributed by atoms with Gasteiger partial charge in [0.05, 0.1) is 12.7 Å². The molecule has 110 valence electrons. The molecule has 1 fully saturated rings. The average molecular weight is 274 g/mol. The van der Waals surface area contributed by atoms with Crippen molar-refractivity contribution in [2.45, 2.75) is 46.3 Å². The summed E-state index contributed by atoms with van der Waals surface area (Å²) in [6.45, 7) is 7.87. The summed E-state index contributed by atoms with van der Waals surface area (Å²) in [5, 5.41) is 0. The second-order valence-corrected chi connectivity index (χ2v) is 5.31. The largest absolute Gasteiger partial charge is 0.508 e. The van der Waals surface area contributed by atoms with Gasteiger partial charge in [0.1, 0.15) is 24.7 Å². The zero-order chi connectivity index (χ0) is 14.5. The quantitative estimate of drug-likeness (QED) is 0.689. The highest BCUT2D eigenvalue weighted by atomic mass is 16.7. The molecule has 0 spiro atoms. The van der Waals surface area contributed by atoms with Gasteiger partial charge in [-0.25, -0.2) is 4.79 Å². The Balaban J connectivity index is 2.35. The third-order valence-electron chi connectivity index (χ3n) is 2.79. The molecule has 0 radical (unpaired) electrons. The highest BCUT2D eigenvalue weighted by molar-refractivity contribution is 5.78. The summed E-state index contributed by atoms with van der Waals surface area (Å²) in [5.41, 5.74) is -0.929. The van der Waals surface area contributed by atoms with E-state index in [0.29, 0.717) is 13.0 Å². The summed E-state index contributed by atoms with van der Waals surface area (Å²) in [5.74, 6) is -0.419. The Kier molecular flexibility index (Phi) is 5.60. The number of cyclic esters (lactones) is 2. The third-order valence-corrected chi connectivity index (χ3v) is 2.79. The van der Waals surface area contributed by atoms with E-state index in [4.69, 9.17) is 18.9 Å². The third kappa shape index (κ3) is 5.06. The zero-order valence-electron chi connectivity index (χ0n) is 11.9. The van der Waals surface area contributed by atoms with Crippen molar-refractivity contribution in [3.8, 4) is 0 Å². The molecule has 6 heteroatoms. The standard InChI is InChI=1S/C13H22O6/c1-9(2)16-6-5-10(3)19-11(14)13(4)7-17-12(15)18-8-13/h9-10H,5-8H2,1-4H3. The highest BCUT2D eigenvalue weighted by Gasteiger charge is 2.42. The number of hydrogen-bond acceptors (Lipinski definition) is 6. The lowest BCUT2D eigenvalue weighted by Crippen LogP contribution is -2.45. The summed E-state index contributed by atoms with van der Waals surface area (Å²) in [6, 6.07) is 0. The van der Waals surface area contributed by atoms with Gasteiger partial charge >= 0.3 is 12.1 Å². The molecule has 1 heterocycles. The van der Waals surface area contributed by atoms with Gasteiger partial charge in [-0.1, -0.05) is 0 Å². The van der Waals surface area contributed by atoms with E-state index in [1.54, 1.807) is 13.8 Å². The molecule has 0 aromatic carbocycles. The fraction of sp³-hybridized carbons (Fsp3) is 0.846. The van der Waals surface area contributed by atoms with E-state index in [9.17, 15) is 9.59 Å². The second kappa shape index (κ2) is 6.75. The van der Waals surface area contributed by atoms with Gasteiger partial charge in [-0.2, -0.15) is 0 Å². The van der Waals surface area contributed by atoms with Crippen LogP contribution in [0.4, 0.5) is 4.79 Å². The van der Waals surface area contributed by atoms with Crippen LogP contribution in [-0.2, 0) is 23.7 Å². The minimum Gasteiger partial charge on any atom is -0.462 e. The van der Waals surface area contributed by atoms with Crippen LogP contribution in [0.3, 0.4) is 0 Å². The molecule has 0 saturated carbocycles. The van der Waals surface area contributed by atoms with E-state index in [0.717, 1.165) is 0 Å². The molecule has 0 N–H and O–H groups in total. The molecular formula is C13H22O6. The van der Waals surface area contributed by atoms with Crippen LogP contribution in [0, 0.1) is 5.41 Å². The first kappa shape index (κ1) is 15.8. The fourth-order valence-electron chi connectivity index (χ4n) is 1.49. The topological polar surface area (TPSA) is 71.1 Å². The van der Waals surface area contributed by atoms with E-state index >= 15 is 0 Å². The number of carbonyl (C=O) groups excluding carboxylic acids is 2. The Hall–Kier alpha value is -1.30. The highest BCUT2D eigenvalue weighted by Crippen LogP contribution is 2.25. The molecule has 1 atom stereocenters. The lowest BCUT2D eigenvalue weighted by atomic mass is 9.92. The van der Waals surface area contributed by atoms with Crippen LogP contribution < -0.4 is 0 Å². The lowest BCUT2D eigenvalue weighted by molar-refractivity contribution is -0.171. The number of esters is 1. The van der Waals surface area contributed by atoms with E-state index in [2.05, 4.69) is 0 Å². The normalized spacial score (nSPS) is 19.5. The van der Waals surface area contributed by atoms with Gasteiger partial charge in [0.15, 0.2) is 0 Å². The molecular weight excluding hydrogens is 252 g/mol. The van der Waals surface area contributed by atoms with Gasteiger partial charge in [-0.15, -0.1) is 0 Å². The molecule has 0 amide bonds. The molecule has 0 aromatic rings. The Morgan fingerprint density at radius 3 is 2.42 bits per heavy atom. The van der Waals surface area contributed by atoms with E-state index in [1.165, 1.54) is 0 Å². The van der Waals surface area contributed by atoms with Crippen molar-refractivity contribution in [1.29, 1.82) is 0 Å². The van der Waals surface area contributed by atoms with Gasteiger partial charge < -0.3 is 18.9 Å². The summed E-state index contributed by atoms with van der Waals surface area (Å²) in [6.07, 6.45) is -0.211. The summed E-state index contributed by atoms with van der Waals surface area (Å²) in [4.78, 5) is 22.8. The van der Waals surface area contributed by atoms with Crippen LogP contribution in [0.2, 0.25) is 0 Å². The van der Waals surface area contributed by atoms with Crippen LogP contribution >= 0.6 is 0 Å². The van der Waals surface area contributed by atoms with Gasteiger partial charge in [-0.05, 0) is 27.7 Å². The van der Waals surface area contributed by atoms with Crippen molar-refractivity contribution in [3.05, 3.63) is 0 Å². The maximum atomic E-state index is 12.0. The number of carbonyl (C=O) groups is 2. The van der Waals surface area contributed by atoms with Gasteiger partial charge in [-0.3, -0.25) is 4.79 Å². The van der Waals surface area contributed by atoms with Crippen LogP contribution in [0.1, 0.15) is 34.1 Å². The summed E-state index contributed by atoms with van der Waals surface area (Å²) in [7, 11) is 0. The van der Waals surface area contributed by atoms with E-state index in [1.807, 2.05) is 13.8 Å². The Labute approximate surface area is 113 Å². The van der Waals surface area contributed by atoms with Crippen LogP contribution in [0.15, 0.2) is 0 Å². The van der Waals surface area contributed by atoms with Crippen molar-refractivity contribution < 1.29 is 28.5 Å². The van der Waals surface area contributed by atoms with Crippen molar-refractivity contribution in [2.75, 3.05) is 19.8 Å². The maximum Gasteiger partial charge on any atom is 0.508 e. The van der Waals surface area contributed by atoms with Crippen molar-refractivity contribution in [1.82, 2.24) is 0 Å². The van der Waals surface area contributed by atoms with Crippen LogP contribution in [0.5, 0.6) is 0 Å². The van der Waals surface area contributed by atoms with E-state index < -0.39 is 17.5 Å². The summed E-state index contributed by atoms with van der Waals surface area (Å²) >= 11 is 0. The van der Waals surface area contributed by atoms with Crippen molar-refractivity contribution >= 4 is 12.1 Å². The monoisotopic (exact) mass is 274 g/mol. The first-order valence-corrected chi connectivity index (χ1v) is 6.46.